The van der Waals surface area contributed by atoms with E-state index in [1.165, 1.54) is 45.4 Å². The number of Topliss-reactive ketones (excluding diaryl/α,β-unsaturated/α-hetero) is 1. The molecule has 1 amide bonds. The van der Waals surface area contributed by atoms with Crippen LogP contribution < -0.4 is 10.6 Å². The van der Waals surface area contributed by atoms with E-state index in [2.05, 4.69) is 21.7 Å². The van der Waals surface area contributed by atoms with Crippen molar-refractivity contribution in [2.45, 2.75) is 64.8 Å². The van der Waals surface area contributed by atoms with E-state index in [0.29, 0.717) is 16.8 Å². The minimum Gasteiger partial charge on any atom is -0.378 e. The fraction of sp³-hybridized carbons (Fsp3) is 0.520. The molecule has 4 aliphatic carbocycles. The fourth-order valence-electron chi connectivity index (χ4n) is 6.94. The van der Waals surface area contributed by atoms with E-state index in [0.717, 1.165) is 34.8 Å². The molecular weight excluding hydrogens is 374 g/mol. The Hall–Kier alpha value is -2.56. The van der Waals surface area contributed by atoms with Gasteiger partial charge in [0.05, 0.1) is 11.4 Å². The highest BCUT2D eigenvalue weighted by atomic mass is 16.2. The van der Waals surface area contributed by atoms with Crippen molar-refractivity contribution in [3.05, 3.63) is 46.8 Å². The predicted molar refractivity (Wildman–Crippen MR) is 119 cm³/mol. The van der Waals surface area contributed by atoms with Crippen LogP contribution in [-0.2, 0) is 0 Å². The second-order valence-electron chi connectivity index (χ2n) is 10.0. The number of aryl methyl sites for hydroxylation is 1. The topological polar surface area (TPSA) is 74.0 Å². The molecule has 0 saturated heterocycles. The molecule has 4 fully saturated rings. The van der Waals surface area contributed by atoms with Crippen molar-refractivity contribution in [3.63, 3.8) is 0 Å². The summed E-state index contributed by atoms with van der Waals surface area (Å²) in [6.45, 7) is 5.20. The third-order valence-electron chi connectivity index (χ3n) is 7.63. The number of amides is 1. The average Bonchev–Trinajstić information content (AvgIpc) is 2.96. The molecule has 4 bridgehead atoms. The van der Waals surface area contributed by atoms with Crippen LogP contribution in [0.5, 0.6) is 0 Å². The van der Waals surface area contributed by atoms with Crippen LogP contribution in [0.3, 0.4) is 0 Å². The molecule has 1 aromatic heterocycles. The number of carbonyl (C=O) groups excluding carboxylic acids is 2. The Morgan fingerprint density at radius 2 is 1.53 bits per heavy atom. The van der Waals surface area contributed by atoms with Crippen LogP contribution >= 0.6 is 0 Å². The number of rotatable bonds is 5. The van der Waals surface area contributed by atoms with Gasteiger partial charge in [0, 0.05) is 16.8 Å². The van der Waals surface area contributed by atoms with Gasteiger partial charge in [0.1, 0.15) is 5.69 Å². The Morgan fingerprint density at radius 3 is 2.07 bits per heavy atom. The molecule has 5 heteroatoms. The van der Waals surface area contributed by atoms with E-state index in [1.54, 1.807) is 0 Å². The van der Waals surface area contributed by atoms with Crippen LogP contribution in [0, 0.1) is 31.6 Å². The molecule has 0 unspecified atom stereocenters. The second kappa shape index (κ2) is 7.00. The number of carbonyl (C=O) groups is 2. The predicted octanol–water partition coefficient (Wildman–Crippen LogP) is 5.47. The maximum absolute atomic E-state index is 13.1. The van der Waals surface area contributed by atoms with Crippen molar-refractivity contribution in [3.8, 4) is 0 Å². The lowest BCUT2D eigenvalue weighted by atomic mass is 9.53. The Morgan fingerprint density at radius 1 is 0.967 bits per heavy atom. The van der Waals surface area contributed by atoms with Crippen molar-refractivity contribution < 1.29 is 9.59 Å². The van der Waals surface area contributed by atoms with Crippen LogP contribution in [0.2, 0.25) is 0 Å². The van der Waals surface area contributed by atoms with Gasteiger partial charge in [-0.3, -0.25) is 9.59 Å². The van der Waals surface area contributed by atoms with Crippen LogP contribution in [0.15, 0.2) is 24.3 Å². The number of ketones is 1. The van der Waals surface area contributed by atoms with Crippen molar-refractivity contribution in [1.82, 2.24) is 4.98 Å². The van der Waals surface area contributed by atoms with Crippen molar-refractivity contribution in [1.29, 1.82) is 0 Å². The molecular formula is C25H31N3O2. The highest BCUT2D eigenvalue weighted by molar-refractivity contribution is 6.08. The number of hydrogen-bond acceptors (Lipinski definition) is 3. The summed E-state index contributed by atoms with van der Waals surface area (Å²) < 4.78 is 0. The third kappa shape index (κ3) is 3.24. The van der Waals surface area contributed by atoms with Gasteiger partial charge in [0.2, 0.25) is 0 Å². The first-order chi connectivity index (χ1) is 14.3. The van der Waals surface area contributed by atoms with E-state index in [9.17, 15) is 9.59 Å². The highest BCUT2D eigenvalue weighted by Gasteiger charge is 2.51. The molecule has 0 aliphatic heterocycles. The Labute approximate surface area is 178 Å². The van der Waals surface area contributed by atoms with Crippen LogP contribution in [-0.4, -0.2) is 22.2 Å². The number of H-pyrrole nitrogens is 1. The monoisotopic (exact) mass is 405 g/mol. The lowest BCUT2D eigenvalue weighted by molar-refractivity contribution is 0.0107. The fourth-order valence-corrected chi connectivity index (χ4v) is 6.94. The van der Waals surface area contributed by atoms with Crippen LogP contribution in [0.1, 0.15) is 77.6 Å². The Kier molecular flexibility index (Phi) is 4.53. The summed E-state index contributed by atoms with van der Waals surface area (Å²) in [5.41, 5.74) is 4.50. The second-order valence-corrected chi connectivity index (χ2v) is 10.0. The Bertz CT molecular complexity index is 984. The lowest BCUT2D eigenvalue weighted by Crippen LogP contribution is -2.54. The highest BCUT2D eigenvalue weighted by Crippen LogP contribution is 2.56. The van der Waals surface area contributed by atoms with Crippen molar-refractivity contribution in [2.75, 3.05) is 10.6 Å². The molecule has 158 valence electrons. The Balaban J connectivity index is 1.39. The van der Waals surface area contributed by atoms with Gasteiger partial charge in [-0.05, 0) is 94.7 Å². The first kappa shape index (κ1) is 19.4. The standard InChI is InChI=1S/C25H31N3O2/c1-14-22(16(3)29)15(2)26-23(14)24(30)27-20-6-4-5-7-21(20)28-25-11-17-8-18(12-25)10-19(9-17)13-25/h4-7,17-19,26,28H,8-13H2,1-3H3,(H,27,30). The summed E-state index contributed by atoms with van der Waals surface area (Å²) in [5, 5.41) is 6.97. The molecule has 4 aliphatic rings. The number of anilines is 2. The van der Waals surface area contributed by atoms with Gasteiger partial charge in [-0.15, -0.1) is 0 Å². The number of para-hydroxylation sites is 2. The van der Waals surface area contributed by atoms with Gasteiger partial charge in [0.25, 0.3) is 5.91 Å². The number of benzene rings is 1. The van der Waals surface area contributed by atoms with Gasteiger partial charge in [-0.25, -0.2) is 0 Å². The summed E-state index contributed by atoms with van der Waals surface area (Å²) >= 11 is 0. The molecule has 3 N–H and O–H groups in total. The molecule has 0 spiro atoms. The van der Waals surface area contributed by atoms with Gasteiger partial charge in [0.15, 0.2) is 5.78 Å². The number of aromatic nitrogens is 1. The van der Waals surface area contributed by atoms with Gasteiger partial charge in [-0.1, -0.05) is 12.1 Å². The van der Waals surface area contributed by atoms with Crippen LogP contribution in [0.4, 0.5) is 11.4 Å². The molecule has 5 nitrogen and oxygen atoms in total. The summed E-state index contributed by atoms with van der Waals surface area (Å²) in [6.07, 6.45) is 7.96. The van der Waals surface area contributed by atoms with Crippen LogP contribution in [0.25, 0.3) is 0 Å². The first-order valence-corrected chi connectivity index (χ1v) is 11.2. The molecule has 1 heterocycles. The number of hydrogen-bond donors (Lipinski definition) is 3. The molecule has 2 aromatic rings. The molecule has 6 rings (SSSR count). The maximum Gasteiger partial charge on any atom is 0.272 e. The lowest BCUT2D eigenvalue weighted by Gasteiger charge is -2.57. The summed E-state index contributed by atoms with van der Waals surface area (Å²) in [7, 11) is 0. The molecule has 0 radical (unpaired) electrons. The maximum atomic E-state index is 13.1. The zero-order chi connectivity index (χ0) is 21.0. The van der Waals surface area contributed by atoms with Gasteiger partial charge in [-0.2, -0.15) is 0 Å². The smallest absolute Gasteiger partial charge is 0.272 e. The molecule has 4 saturated carbocycles. The third-order valence-corrected chi connectivity index (χ3v) is 7.63. The normalized spacial score (nSPS) is 29.1. The molecule has 0 atom stereocenters. The van der Waals surface area contributed by atoms with Gasteiger partial charge >= 0.3 is 0 Å². The largest absolute Gasteiger partial charge is 0.378 e. The van der Waals surface area contributed by atoms with Crippen molar-refractivity contribution in [2.24, 2.45) is 17.8 Å². The van der Waals surface area contributed by atoms with E-state index >= 15 is 0 Å². The van der Waals surface area contributed by atoms with E-state index in [4.69, 9.17) is 0 Å². The van der Waals surface area contributed by atoms with E-state index in [-0.39, 0.29) is 17.2 Å². The van der Waals surface area contributed by atoms with Crippen molar-refractivity contribution >= 4 is 23.1 Å². The zero-order valence-corrected chi connectivity index (χ0v) is 18.1. The number of aromatic amines is 1. The minimum absolute atomic E-state index is 0.0239. The first-order valence-electron chi connectivity index (χ1n) is 11.2. The average molecular weight is 406 g/mol. The summed E-state index contributed by atoms with van der Waals surface area (Å²) in [4.78, 5) is 28.1. The van der Waals surface area contributed by atoms with Gasteiger partial charge < -0.3 is 15.6 Å². The zero-order valence-electron chi connectivity index (χ0n) is 18.1. The molecule has 30 heavy (non-hydrogen) atoms. The quantitative estimate of drug-likeness (QED) is 0.578. The van der Waals surface area contributed by atoms with E-state index < -0.39 is 0 Å². The summed E-state index contributed by atoms with van der Waals surface area (Å²) in [6, 6.07) is 8.00. The SMILES string of the molecule is CC(=O)c1c(C)[nH]c(C(=O)Nc2ccccc2NC23CC4CC(CC(C4)C2)C3)c1C. The number of nitrogens with one attached hydrogen (secondary N) is 3. The van der Waals surface area contributed by atoms with E-state index in [1.807, 2.05) is 32.0 Å². The summed E-state index contributed by atoms with van der Waals surface area (Å²) in [5.74, 6) is 2.35. The molecule has 1 aromatic carbocycles. The minimum atomic E-state index is -0.206.